The van der Waals surface area contributed by atoms with Crippen molar-refractivity contribution in [3.63, 3.8) is 0 Å². The third-order valence-electron chi connectivity index (χ3n) is 2.75. The van der Waals surface area contributed by atoms with E-state index in [9.17, 15) is 9.18 Å². The van der Waals surface area contributed by atoms with Gasteiger partial charge in [0.05, 0.1) is 11.7 Å². The molecule has 0 bridgehead atoms. The normalized spacial score (nSPS) is 27.1. The molecule has 0 N–H and O–H groups in total. The van der Waals surface area contributed by atoms with Crippen molar-refractivity contribution in [2.75, 3.05) is 13.7 Å². The van der Waals surface area contributed by atoms with Gasteiger partial charge in [0.1, 0.15) is 6.61 Å². The van der Waals surface area contributed by atoms with Crippen LogP contribution in [0.1, 0.15) is 16.8 Å². The molecule has 0 aliphatic carbocycles. The highest BCUT2D eigenvalue weighted by Crippen LogP contribution is 2.24. The molecule has 0 radical (unpaired) electrons. The van der Waals surface area contributed by atoms with Gasteiger partial charge < -0.3 is 14.2 Å². The van der Waals surface area contributed by atoms with Crippen LogP contribution in [0.15, 0.2) is 30.3 Å². The van der Waals surface area contributed by atoms with Crippen LogP contribution >= 0.6 is 0 Å². The zero-order valence-electron chi connectivity index (χ0n) is 10.0. The fraction of sp³-hybridized carbons (Fsp3) is 0.462. The third-order valence-corrected chi connectivity index (χ3v) is 2.75. The van der Waals surface area contributed by atoms with Gasteiger partial charge in [0.2, 0.25) is 0 Å². The molecule has 1 aromatic rings. The summed E-state index contributed by atoms with van der Waals surface area (Å²) in [5, 5.41) is 0. The first-order chi connectivity index (χ1) is 8.70. The summed E-state index contributed by atoms with van der Waals surface area (Å²) >= 11 is 0. The van der Waals surface area contributed by atoms with Gasteiger partial charge in [0, 0.05) is 13.5 Å². The number of ether oxygens (including phenoxy) is 3. The van der Waals surface area contributed by atoms with Gasteiger partial charge in [-0.25, -0.2) is 9.18 Å². The minimum Gasteiger partial charge on any atom is -0.459 e. The zero-order valence-corrected chi connectivity index (χ0v) is 10.0. The van der Waals surface area contributed by atoms with Gasteiger partial charge in [0.25, 0.3) is 0 Å². The fourth-order valence-electron chi connectivity index (χ4n) is 1.83. The summed E-state index contributed by atoms with van der Waals surface area (Å²) in [6.07, 6.45) is -2.29. The minimum atomic E-state index is -1.17. The molecule has 0 aromatic heterocycles. The molecule has 0 unspecified atom stereocenters. The highest BCUT2D eigenvalue weighted by molar-refractivity contribution is 5.89. The van der Waals surface area contributed by atoms with E-state index in [1.54, 1.807) is 24.3 Å². The van der Waals surface area contributed by atoms with Gasteiger partial charge in [-0.05, 0) is 12.1 Å². The predicted molar refractivity (Wildman–Crippen MR) is 61.9 cm³/mol. The van der Waals surface area contributed by atoms with Gasteiger partial charge >= 0.3 is 5.97 Å². The van der Waals surface area contributed by atoms with E-state index in [4.69, 9.17) is 14.2 Å². The molecule has 1 aliphatic rings. The highest BCUT2D eigenvalue weighted by atomic mass is 19.1. The van der Waals surface area contributed by atoms with Crippen LogP contribution in [0.25, 0.3) is 0 Å². The van der Waals surface area contributed by atoms with Crippen molar-refractivity contribution in [1.82, 2.24) is 0 Å². The van der Waals surface area contributed by atoms with Crippen LogP contribution in [-0.2, 0) is 14.2 Å². The molecule has 1 saturated heterocycles. The first-order valence-electron chi connectivity index (χ1n) is 5.75. The van der Waals surface area contributed by atoms with E-state index in [2.05, 4.69) is 0 Å². The van der Waals surface area contributed by atoms with Crippen LogP contribution in [0.4, 0.5) is 4.39 Å². The molecule has 18 heavy (non-hydrogen) atoms. The van der Waals surface area contributed by atoms with Gasteiger partial charge in [0.15, 0.2) is 12.5 Å². The summed E-state index contributed by atoms with van der Waals surface area (Å²) in [5.41, 5.74) is 0.468. The lowest BCUT2D eigenvalue weighted by Crippen LogP contribution is -2.21. The third kappa shape index (κ3) is 3.05. The van der Waals surface area contributed by atoms with E-state index in [0.717, 1.165) is 0 Å². The number of carbonyl (C=O) groups is 1. The first kappa shape index (κ1) is 13.0. The molecule has 1 aromatic carbocycles. The summed E-state index contributed by atoms with van der Waals surface area (Å²) in [7, 11) is 1.38. The Morgan fingerprint density at radius 3 is 2.78 bits per heavy atom. The number of hydrogen-bond donors (Lipinski definition) is 0. The van der Waals surface area contributed by atoms with Crippen LogP contribution in [-0.4, -0.2) is 38.3 Å². The number of rotatable bonds is 4. The van der Waals surface area contributed by atoms with E-state index < -0.39 is 24.5 Å². The van der Waals surface area contributed by atoms with Gasteiger partial charge in [-0.3, -0.25) is 0 Å². The summed E-state index contributed by atoms with van der Waals surface area (Å²) < 4.78 is 28.4. The molecule has 0 amide bonds. The predicted octanol–water partition coefficient (Wildman–Crippen LogP) is 1.94. The van der Waals surface area contributed by atoms with Crippen LogP contribution in [0.2, 0.25) is 0 Å². The standard InChI is InChI=1S/C13H15FO4/c1-16-13-11(14)7-10(18-13)8-17-12(15)9-5-3-2-4-6-9/h2-6,10-11,13H,7-8H2,1H3/t10-,11-,13-/m1/s1. The van der Waals surface area contributed by atoms with Gasteiger partial charge in [-0.1, -0.05) is 18.2 Å². The SMILES string of the molecule is CO[C@@H]1O[C@@H](COC(=O)c2ccccc2)C[C@H]1F. The van der Waals surface area contributed by atoms with E-state index in [1.165, 1.54) is 7.11 Å². The van der Waals surface area contributed by atoms with Crippen molar-refractivity contribution in [3.05, 3.63) is 35.9 Å². The van der Waals surface area contributed by atoms with Gasteiger partial charge in [-0.2, -0.15) is 0 Å². The minimum absolute atomic E-state index is 0.0357. The lowest BCUT2D eigenvalue weighted by Gasteiger charge is -2.12. The van der Waals surface area contributed by atoms with Crippen LogP contribution in [0.5, 0.6) is 0 Å². The van der Waals surface area contributed by atoms with E-state index in [1.807, 2.05) is 6.07 Å². The molecule has 5 heteroatoms. The van der Waals surface area contributed by atoms with E-state index in [0.29, 0.717) is 5.56 Å². The van der Waals surface area contributed by atoms with Crippen LogP contribution < -0.4 is 0 Å². The Balaban J connectivity index is 1.81. The number of alkyl halides is 1. The first-order valence-corrected chi connectivity index (χ1v) is 5.75. The molecule has 0 saturated carbocycles. The quantitative estimate of drug-likeness (QED) is 0.770. The lowest BCUT2D eigenvalue weighted by atomic mass is 10.2. The average molecular weight is 254 g/mol. The largest absolute Gasteiger partial charge is 0.459 e. The maximum atomic E-state index is 13.3. The topological polar surface area (TPSA) is 44.8 Å². The van der Waals surface area contributed by atoms with Gasteiger partial charge in [-0.15, -0.1) is 0 Å². The molecule has 0 spiro atoms. The Kier molecular flexibility index (Phi) is 4.28. The van der Waals surface area contributed by atoms with E-state index in [-0.39, 0.29) is 13.0 Å². The number of hydrogen-bond acceptors (Lipinski definition) is 4. The van der Waals surface area contributed by atoms with Crippen LogP contribution in [0, 0.1) is 0 Å². The number of esters is 1. The number of methoxy groups -OCH3 is 1. The maximum Gasteiger partial charge on any atom is 0.338 e. The lowest BCUT2D eigenvalue weighted by molar-refractivity contribution is -0.141. The Morgan fingerprint density at radius 2 is 2.17 bits per heavy atom. The molecule has 3 atom stereocenters. The second-order valence-electron chi connectivity index (χ2n) is 4.08. The van der Waals surface area contributed by atoms with Crippen molar-refractivity contribution in [1.29, 1.82) is 0 Å². The Bertz CT molecular complexity index is 395. The highest BCUT2D eigenvalue weighted by Gasteiger charge is 2.36. The smallest absolute Gasteiger partial charge is 0.338 e. The Hall–Kier alpha value is -1.46. The molecule has 2 rings (SSSR count). The second kappa shape index (κ2) is 5.93. The molecular weight excluding hydrogens is 239 g/mol. The van der Waals surface area contributed by atoms with Crippen molar-refractivity contribution in [2.24, 2.45) is 0 Å². The Labute approximate surface area is 105 Å². The monoisotopic (exact) mass is 254 g/mol. The molecule has 4 nitrogen and oxygen atoms in total. The molecule has 1 heterocycles. The molecule has 1 fully saturated rings. The maximum absolute atomic E-state index is 13.3. The van der Waals surface area contributed by atoms with E-state index >= 15 is 0 Å². The van der Waals surface area contributed by atoms with Crippen LogP contribution in [0.3, 0.4) is 0 Å². The fourth-order valence-corrected chi connectivity index (χ4v) is 1.83. The second-order valence-corrected chi connectivity index (χ2v) is 4.08. The van der Waals surface area contributed by atoms with Crippen molar-refractivity contribution in [3.8, 4) is 0 Å². The summed E-state index contributed by atoms with van der Waals surface area (Å²) in [4.78, 5) is 11.6. The molecular formula is C13H15FO4. The summed E-state index contributed by atoms with van der Waals surface area (Å²) in [5.74, 6) is -0.435. The molecule has 1 aliphatic heterocycles. The molecule has 98 valence electrons. The number of carbonyl (C=O) groups excluding carboxylic acids is 1. The zero-order chi connectivity index (χ0) is 13.0. The Morgan fingerprint density at radius 1 is 1.44 bits per heavy atom. The summed E-state index contributed by atoms with van der Waals surface area (Å²) in [6, 6.07) is 8.64. The summed E-state index contributed by atoms with van der Waals surface area (Å²) in [6.45, 7) is 0.0357. The van der Waals surface area contributed by atoms with Crippen molar-refractivity contribution in [2.45, 2.75) is 25.0 Å². The van der Waals surface area contributed by atoms with Crippen molar-refractivity contribution < 1.29 is 23.4 Å². The number of halogens is 1. The van der Waals surface area contributed by atoms with Crippen molar-refractivity contribution >= 4 is 5.97 Å². The number of benzene rings is 1. The average Bonchev–Trinajstić information content (AvgIpc) is 2.77.